The van der Waals surface area contributed by atoms with Crippen LogP contribution in [-0.2, 0) is 0 Å². The van der Waals surface area contributed by atoms with Crippen LogP contribution in [0.3, 0.4) is 0 Å². The van der Waals surface area contributed by atoms with Crippen molar-refractivity contribution in [2.75, 3.05) is 11.6 Å². The monoisotopic (exact) mass is 171 g/mol. The summed E-state index contributed by atoms with van der Waals surface area (Å²) in [6, 6.07) is 0.615. The van der Waals surface area contributed by atoms with Crippen molar-refractivity contribution in [3.8, 4) is 0 Å². The van der Waals surface area contributed by atoms with E-state index in [2.05, 4.69) is 34.3 Å². The van der Waals surface area contributed by atoms with E-state index in [0.29, 0.717) is 6.01 Å². The molecule has 0 radical (unpaired) electrons. The minimum Gasteiger partial charge on any atom is -0.355 e. The summed E-state index contributed by atoms with van der Waals surface area (Å²) in [5.74, 6) is 0. The van der Waals surface area contributed by atoms with Gasteiger partial charge in [0, 0.05) is 7.05 Å². The van der Waals surface area contributed by atoms with Gasteiger partial charge in [-0.15, -0.1) is 0 Å². The number of rotatable bonds is 2. The molecule has 0 aliphatic carbocycles. The molecular weight excluding hydrogens is 158 g/mol. The molecule has 0 spiro atoms. The van der Waals surface area contributed by atoms with E-state index in [-0.39, 0.29) is 0 Å². The van der Waals surface area contributed by atoms with Gasteiger partial charge >= 0.3 is 6.01 Å². The van der Waals surface area contributed by atoms with Gasteiger partial charge in [0.05, 0.1) is 0 Å². The maximum atomic E-state index is 4.92. The molecule has 0 saturated heterocycles. The number of hydrogen-bond donors (Lipinski definition) is 0. The van der Waals surface area contributed by atoms with Gasteiger partial charge in [-0.25, -0.2) is 0 Å². The van der Waals surface area contributed by atoms with Crippen LogP contribution in [0, 0.1) is 0 Å². The highest BCUT2D eigenvalue weighted by atomic mass is 28.3. The van der Waals surface area contributed by atoms with Crippen LogP contribution in [0.2, 0.25) is 19.6 Å². The van der Waals surface area contributed by atoms with Gasteiger partial charge < -0.3 is 9.09 Å². The fourth-order valence-electron chi connectivity index (χ4n) is 0.602. The first-order chi connectivity index (χ1) is 5.02. The molecule has 0 aliphatic heterocycles. The Hall–Kier alpha value is -0.843. The van der Waals surface area contributed by atoms with Crippen molar-refractivity contribution in [2.24, 2.45) is 0 Å². The predicted octanol–water partition coefficient (Wildman–Crippen LogP) is 1.34. The molecule has 1 heterocycles. The van der Waals surface area contributed by atoms with E-state index in [1.165, 1.54) is 6.33 Å². The Morgan fingerprint density at radius 3 is 2.45 bits per heavy atom. The molecule has 1 rings (SSSR count). The summed E-state index contributed by atoms with van der Waals surface area (Å²) in [5, 5.41) is 3.55. The van der Waals surface area contributed by atoms with Crippen LogP contribution in [0.1, 0.15) is 0 Å². The molecule has 0 amide bonds. The second-order valence-electron chi connectivity index (χ2n) is 3.45. The van der Waals surface area contributed by atoms with Crippen molar-refractivity contribution in [2.45, 2.75) is 19.6 Å². The standard InChI is InChI=1S/C6H13N3OSi/c1-9(11(2,3)4)6-7-5-8-10-6/h5H,1-4H3. The zero-order valence-corrected chi connectivity index (χ0v) is 8.33. The van der Waals surface area contributed by atoms with Crippen molar-refractivity contribution >= 4 is 14.3 Å². The molecule has 11 heavy (non-hydrogen) atoms. The third kappa shape index (κ3) is 1.80. The Bertz CT molecular complexity index is 216. The molecule has 0 aromatic carbocycles. The molecule has 0 bridgehead atoms. The van der Waals surface area contributed by atoms with Crippen molar-refractivity contribution in [3.63, 3.8) is 0 Å². The normalized spacial score (nSPS) is 11.6. The van der Waals surface area contributed by atoms with Crippen molar-refractivity contribution in [1.82, 2.24) is 10.1 Å². The molecule has 1 aromatic rings. The summed E-state index contributed by atoms with van der Waals surface area (Å²) in [5.41, 5.74) is 0. The van der Waals surface area contributed by atoms with E-state index < -0.39 is 8.24 Å². The second kappa shape index (κ2) is 2.65. The summed E-state index contributed by atoms with van der Waals surface area (Å²) in [4.78, 5) is 3.97. The minimum absolute atomic E-state index is 0.615. The lowest BCUT2D eigenvalue weighted by atomic mass is 11.0. The molecular formula is C6H13N3OSi. The van der Waals surface area contributed by atoms with E-state index in [1.807, 2.05) is 7.05 Å². The lowest BCUT2D eigenvalue weighted by Crippen LogP contribution is -2.43. The van der Waals surface area contributed by atoms with Gasteiger partial charge in [0.2, 0.25) is 0 Å². The van der Waals surface area contributed by atoms with Crippen LogP contribution in [-0.4, -0.2) is 25.4 Å². The smallest absolute Gasteiger partial charge is 0.315 e. The highest BCUT2D eigenvalue weighted by Gasteiger charge is 2.23. The third-order valence-electron chi connectivity index (χ3n) is 1.64. The molecule has 0 N–H and O–H groups in total. The van der Waals surface area contributed by atoms with Gasteiger partial charge in [-0.3, -0.25) is 0 Å². The summed E-state index contributed by atoms with van der Waals surface area (Å²) in [7, 11) is 0.658. The number of nitrogens with zero attached hydrogens (tertiary/aromatic N) is 3. The van der Waals surface area contributed by atoms with Crippen molar-refractivity contribution < 1.29 is 4.52 Å². The largest absolute Gasteiger partial charge is 0.355 e. The Balaban J connectivity index is 2.78. The van der Waals surface area contributed by atoms with Crippen LogP contribution < -0.4 is 4.57 Å². The second-order valence-corrected chi connectivity index (χ2v) is 8.47. The topological polar surface area (TPSA) is 42.2 Å². The molecule has 4 nitrogen and oxygen atoms in total. The molecule has 1 aromatic heterocycles. The summed E-state index contributed by atoms with van der Waals surface area (Å²) in [6.45, 7) is 6.66. The zero-order chi connectivity index (χ0) is 8.48. The first-order valence-electron chi connectivity index (χ1n) is 3.52. The quantitative estimate of drug-likeness (QED) is 0.630. The number of aromatic nitrogens is 2. The van der Waals surface area contributed by atoms with E-state index in [4.69, 9.17) is 4.52 Å². The first-order valence-corrected chi connectivity index (χ1v) is 6.97. The minimum atomic E-state index is -1.33. The Kier molecular flexibility index (Phi) is 1.99. The molecule has 0 unspecified atom stereocenters. The lowest BCUT2D eigenvalue weighted by Gasteiger charge is -2.27. The fourth-order valence-corrected chi connectivity index (χ4v) is 1.27. The molecule has 5 heteroatoms. The third-order valence-corrected chi connectivity index (χ3v) is 3.85. The molecule has 62 valence electrons. The average molecular weight is 171 g/mol. The van der Waals surface area contributed by atoms with E-state index >= 15 is 0 Å². The van der Waals surface area contributed by atoms with Crippen molar-refractivity contribution in [1.29, 1.82) is 0 Å². The summed E-state index contributed by atoms with van der Waals surface area (Å²) >= 11 is 0. The summed E-state index contributed by atoms with van der Waals surface area (Å²) in [6.07, 6.45) is 1.42. The highest BCUT2D eigenvalue weighted by molar-refractivity contribution is 6.79. The van der Waals surface area contributed by atoms with Gasteiger partial charge in [0.15, 0.2) is 14.6 Å². The van der Waals surface area contributed by atoms with Gasteiger partial charge in [-0.2, -0.15) is 4.98 Å². The molecule has 0 atom stereocenters. The number of hydrogen-bond acceptors (Lipinski definition) is 4. The van der Waals surface area contributed by atoms with E-state index in [0.717, 1.165) is 0 Å². The maximum Gasteiger partial charge on any atom is 0.315 e. The van der Waals surface area contributed by atoms with Crippen LogP contribution in [0.5, 0.6) is 0 Å². The van der Waals surface area contributed by atoms with Gasteiger partial charge in [-0.05, 0) is 0 Å². The number of anilines is 1. The fraction of sp³-hybridized carbons (Fsp3) is 0.667. The Labute approximate surface area is 67.3 Å². The van der Waals surface area contributed by atoms with Gasteiger partial charge in [0.25, 0.3) is 0 Å². The SMILES string of the molecule is CN(c1ncno1)[Si](C)(C)C. The first kappa shape index (κ1) is 8.26. The zero-order valence-electron chi connectivity index (χ0n) is 7.33. The lowest BCUT2D eigenvalue weighted by molar-refractivity contribution is 0.425. The van der Waals surface area contributed by atoms with Crippen LogP contribution in [0.15, 0.2) is 10.9 Å². The molecule has 0 fully saturated rings. The van der Waals surface area contributed by atoms with Crippen LogP contribution in [0.25, 0.3) is 0 Å². The van der Waals surface area contributed by atoms with Crippen LogP contribution in [0.4, 0.5) is 6.01 Å². The summed E-state index contributed by atoms with van der Waals surface area (Å²) < 4.78 is 6.99. The average Bonchev–Trinajstić information content (AvgIpc) is 2.34. The van der Waals surface area contributed by atoms with Crippen LogP contribution >= 0.6 is 0 Å². The highest BCUT2D eigenvalue weighted by Crippen LogP contribution is 2.14. The predicted molar refractivity (Wildman–Crippen MR) is 46.0 cm³/mol. The maximum absolute atomic E-state index is 4.92. The van der Waals surface area contributed by atoms with E-state index in [1.54, 1.807) is 0 Å². The molecule has 0 saturated carbocycles. The van der Waals surface area contributed by atoms with Gasteiger partial charge in [-0.1, -0.05) is 24.8 Å². The Morgan fingerprint density at radius 2 is 2.09 bits per heavy atom. The van der Waals surface area contributed by atoms with E-state index in [9.17, 15) is 0 Å². The Morgan fingerprint density at radius 1 is 1.45 bits per heavy atom. The molecule has 0 aliphatic rings. The van der Waals surface area contributed by atoms with Gasteiger partial charge in [0.1, 0.15) is 0 Å². The van der Waals surface area contributed by atoms with Crippen molar-refractivity contribution in [3.05, 3.63) is 6.33 Å².